The number of nitrogens with one attached hydrogen (secondary N) is 1. The van der Waals surface area contributed by atoms with Crippen LogP contribution in [0.5, 0.6) is 0 Å². The Morgan fingerprint density at radius 1 is 1.22 bits per heavy atom. The zero-order chi connectivity index (χ0) is 25.4. The van der Waals surface area contributed by atoms with Crippen LogP contribution in [0, 0.1) is 13.8 Å². The maximum atomic E-state index is 13.1. The first kappa shape index (κ1) is 24.3. The number of likely N-dealkylation sites (tertiary alicyclic amines) is 1. The number of pyridine rings is 1. The third-order valence-electron chi connectivity index (χ3n) is 7.33. The minimum Gasteiger partial charge on any atom is -0.348 e. The summed E-state index contributed by atoms with van der Waals surface area (Å²) in [7, 11) is 0. The summed E-state index contributed by atoms with van der Waals surface area (Å²) in [6.07, 6.45) is 12.0. The van der Waals surface area contributed by atoms with Gasteiger partial charge < -0.3 is 14.8 Å². The fraction of sp³-hybridized carbons (Fsp3) is 0.345. The van der Waals surface area contributed by atoms with Crippen molar-refractivity contribution >= 4 is 39.9 Å². The Hall–Kier alpha value is -3.38. The molecule has 1 saturated heterocycles. The number of benzene rings is 1. The van der Waals surface area contributed by atoms with E-state index in [0.29, 0.717) is 18.1 Å². The van der Waals surface area contributed by atoms with Gasteiger partial charge in [-0.1, -0.05) is 24.3 Å². The molecule has 7 heteroatoms. The highest BCUT2D eigenvalue weighted by atomic mass is 35.5. The average Bonchev–Trinajstić information content (AvgIpc) is 3.12. The van der Waals surface area contributed by atoms with Crippen LogP contribution in [0.1, 0.15) is 42.5 Å². The van der Waals surface area contributed by atoms with Gasteiger partial charge in [0, 0.05) is 52.7 Å². The molecule has 0 spiro atoms. The van der Waals surface area contributed by atoms with Crippen LogP contribution in [0.15, 0.2) is 49.3 Å². The molecule has 2 aliphatic rings. The van der Waals surface area contributed by atoms with Crippen molar-refractivity contribution in [2.45, 2.75) is 52.1 Å². The Bertz CT molecular complexity index is 1400. The Kier molecular flexibility index (Phi) is 6.71. The predicted octanol–water partition coefficient (Wildman–Crippen LogP) is 5.44. The van der Waals surface area contributed by atoms with E-state index in [1.165, 1.54) is 30.1 Å². The van der Waals surface area contributed by atoms with Gasteiger partial charge in [0.25, 0.3) is 0 Å². The number of carbonyl (C=O) groups excluding carboxylic acids is 2. The summed E-state index contributed by atoms with van der Waals surface area (Å²) in [5.41, 5.74) is 7.75. The standard InChI is InChI=1S/C29H31ClN4O2/c1-4-27(36)33-15-22(16-33)32-26(35)17-34-19(3)28(24-13-21(30)12-18(2)29(24)34)25-14-31-11-10-23(25)20-8-6-5-7-9-20/h4,8,10-14,22H,1,5-7,9,15-17H2,2-3H3,(H,32,35). The fourth-order valence-electron chi connectivity index (χ4n) is 5.57. The summed E-state index contributed by atoms with van der Waals surface area (Å²) in [5.74, 6) is -0.182. The summed E-state index contributed by atoms with van der Waals surface area (Å²) in [6.45, 7) is 8.83. The average molecular weight is 503 g/mol. The number of rotatable bonds is 6. The van der Waals surface area contributed by atoms with Crippen molar-refractivity contribution in [1.29, 1.82) is 0 Å². The molecular formula is C29H31ClN4O2. The number of fused-ring (bicyclic) bond motifs is 1. The largest absolute Gasteiger partial charge is 0.348 e. The van der Waals surface area contributed by atoms with Gasteiger partial charge >= 0.3 is 0 Å². The third kappa shape index (κ3) is 4.46. The van der Waals surface area contributed by atoms with Gasteiger partial charge in [0.05, 0.1) is 11.6 Å². The second-order valence-corrected chi connectivity index (χ2v) is 10.2. The molecule has 0 atom stereocenters. The molecule has 186 valence electrons. The van der Waals surface area contributed by atoms with Gasteiger partial charge in [-0.3, -0.25) is 14.6 Å². The number of aromatic nitrogens is 2. The molecule has 3 heterocycles. The summed E-state index contributed by atoms with van der Waals surface area (Å²) in [4.78, 5) is 31.0. The number of allylic oxidation sites excluding steroid dienone is 2. The first-order valence-electron chi connectivity index (χ1n) is 12.5. The van der Waals surface area contributed by atoms with E-state index in [2.05, 4.69) is 40.5 Å². The second kappa shape index (κ2) is 9.94. The van der Waals surface area contributed by atoms with Crippen molar-refractivity contribution in [3.05, 3.63) is 71.2 Å². The highest BCUT2D eigenvalue weighted by Crippen LogP contribution is 2.41. The first-order chi connectivity index (χ1) is 17.4. The molecule has 3 aromatic rings. The lowest BCUT2D eigenvalue weighted by atomic mass is 9.88. The Labute approximate surface area is 216 Å². The van der Waals surface area contributed by atoms with Crippen LogP contribution in [0.3, 0.4) is 0 Å². The van der Waals surface area contributed by atoms with Crippen LogP contribution < -0.4 is 5.32 Å². The van der Waals surface area contributed by atoms with Crippen LogP contribution >= 0.6 is 11.6 Å². The van der Waals surface area contributed by atoms with Crippen LogP contribution in [-0.2, 0) is 16.1 Å². The van der Waals surface area contributed by atoms with E-state index < -0.39 is 0 Å². The highest BCUT2D eigenvalue weighted by molar-refractivity contribution is 6.31. The zero-order valence-electron chi connectivity index (χ0n) is 20.8. The monoisotopic (exact) mass is 502 g/mol. The van der Waals surface area contributed by atoms with Crippen molar-refractivity contribution in [2.75, 3.05) is 13.1 Å². The minimum absolute atomic E-state index is 0.0401. The van der Waals surface area contributed by atoms with Gasteiger partial charge in [-0.25, -0.2) is 0 Å². The Morgan fingerprint density at radius 3 is 2.75 bits per heavy atom. The van der Waals surface area contributed by atoms with Gasteiger partial charge in [0.1, 0.15) is 6.54 Å². The molecule has 6 nitrogen and oxygen atoms in total. The topological polar surface area (TPSA) is 67.2 Å². The zero-order valence-corrected chi connectivity index (χ0v) is 21.6. The Balaban J connectivity index is 1.53. The van der Waals surface area contributed by atoms with Crippen molar-refractivity contribution in [2.24, 2.45) is 0 Å². The van der Waals surface area contributed by atoms with Gasteiger partial charge in [-0.2, -0.15) is 0 Å². The van der Waals surface area contributed by atoms with Crippen molar-refractivity contribution in [3.8, 4) is 11.1 Å². The molecule has 2 amide bonds. The lowest BCUT2D eigenvalue weighted by Crippen LogP contribution is -2.61. The Morgan fingerprint density at radius 2 is 2.03 bits per heavy atom. The van der Waals surface area contributed by atoms with Gasteiger partial charge in [0.15, 0.2) is 0 Å². The highest BCUT2D eigenvalue weighted by Gasteiger charge is 2.31. The van der Waals surface area contributed by atoms with Crippen LogP contribution in [0.25, 0.3) is 27.6 Å². The van der Waals surface area contributed by atoms with Crippen LogP contribution in [-0.4, -0.2) is 45.4 Å². The van der Waals surface area contributed by atoms with E-state index in [0.717, 1.165) is 46.1 Å². The molecular weight excluding hydrogens is 472 g/mol. The molecule has 36 heavy (non-hydrogen) atoms. The van der Waals surface area contributed by atoms with Gasteiger partial charge in [-0.05, 0) is 80.5 Å². The molecule has 5 rings (SSSR count). The van der Waals surface area contributed by atoms with E-state index in [-0.39, 0.29) is 24.4 Å². The molecule has 1 N–H and O–H groups in total. The molecule has 1 fully saturated rings. The smallest absolute Gasteiger partial charge is 0.246 e. The number of amides is 2. The van der Waals surface area contributed by atoms with Gasteiger partial charge in [0.2, 0.25) is 11.8 Å². The number of hydrogen-bond donors (Lipinski definition) is 1. The molecule has 0 saturated carbocycles. The lowest BCUT2D eigenvalue weighted by Gasteiger charge is -2.38. The van der Waals surface area contributed by atoms with E-state index >= 15 is 0 Å². The van der Waals surface area contributed by atoms with E-state index in [9.17, 15) is 9.59 Å². The third-order valence-corrected chi connectivity index (χ3v) is 7.55. The van der Waals surface area contributed by atoms with Crippen LogP contribution in [0.2, 0.25) is 5.02 Å². The quantitative estimate of drug-likeness (QED) is 0.456. The minimum atomic E-state index is -0.106. The number of halogens is 1. The fourth-order valence-corrected chi connectivity index (χ4v) is 5.84. The van der Waals surface area contributed by atoms with Crippen molar-refractivity contribution in [3.63, 3.8) is 0 Å². The first-order valence-corrected chi connectivity index (χ1v) is 12.9. The summed E-state index contributed by atoms with van der Waals surface area (Å²) < 4.78 is 2.09. The number of aryl methyl sites for hydroxylation is 1. The molecule has 0 bridgehead atoms. The number of carbonyl (C=O) groups is 2. The lowest BCUT2D eigenvalue weighted by molar-refractivity contribution is -0.133. The molecule has 0 radical (unpaired) electrons. The SMILES string of the molecule is C=CC(=O)N1CC(NC(=O)Cn2c(C)c(-c3cnccc3C3=CCCCC3)c3cc(Cl)cc(C)c32)C1. The maximum absolute atomic E-state index is 13.1. The number of hydrogen-bond acceptors (Lipinski definition) is 3. The van der Waals surface area contributed by atoms with E-state index in [1.54, 1.807) is 4.90 Å². The summed E-state index contributed by atoms with van der Waals surface area (Å²) in [5, 5.41) is 4.78. The molecule has 1 aromatic carbocycles. The molecule has 0 unspecified atom stereocenters. The summed E-state index contributed by atoms with van der Waals surface area (Å²) >= 11 is 6.53. The molecule has 1 aliphatic carbocycles. The van der Waals surface area contributed by atoms with E-state index in [1.807, 2.05) is 31.5 Å². The van der Waals surface area contributed by atoms with Crippen molar-refractivity contribution < 1.29 is 9.59 Å². The van der Waals surface area contributed by atoms with E-state index in [4.69, 9.17) is 11.6 Å². The van der Waals surface area contributed by atoms with Gasteiger partial charge in [-0.15, -0.1) is 0 Å². The summed E-state index contributed by atoms with van der Waals surface area (Å²) in [6, 6.07) is 6.01. The van der Waals surface area contributed by atoms with Crippen LogP contribution in [0.4, 0.5) is 0 Å². The predicted molar refractivity (Wildman–Crippen MR) is 145 cm³/mol. The van der Waals surface area contributed by atoms with Crippen molar-refractivity contribution in [1.82, 2.24) is 19.8 Å². The molecule has 1 aliphatic heterocycles. The normalized spacial score (nSPS) is 16.0. The molecule has 2 aromatic heterocycles. The maximum Gasteiger partial charge on any atom is 0.246 e. The number of nitrogens with zero attached hydrogens (tertiary/aromatic N) is 3. The second-order valence-electron chi connectivity index (χ2n) is 9.77.